The number of rotatable bonds is 1. The molecule has 1 heterocycles. The first-order chi connectivity index (χ1) is 4.83. The van der Waals surface area contributed by atoms with Crippen LogP contribution in [0.25, 0.3) is 0 Å². The third kappa shape index (κ3) is 1.57. The first kappa shape index (κ1) is 6.78. The van der Waals surface area contributed by atoms with Crippen molar-refractivity contribution in [1.29, 1.82) is 5.26 Å². The van der Waals surface area contributed by atoms with Gasteiger partial charge in [0.25, 0.3) is 0 Å². The average Bonchev–Trinajstić information content (AvgIpc) is 1.88. The molecule has 0 unspecified atom stereocenters. The van der Waals surface area contributed by atoms with Crippen molar-refractivity contribution in [2.45, 2.75) is 0 Å². The number of aromatic nitrogens is 2. The monoisotopic (exact) mass is 154 g/mol. The number of nitrogens with one attached hydrogen (secondary N) is 1. The van der Waals surface area contributed by atoms with Crippen molar-refractivity contribution < 1.29 is 0 Å². The molecule has 1 aromatic rings. The van der Waals surface area contributed by atoms with E-state index in [1.165, 1.54) is 12.4 Å². The van der Waals surface area contributed by atoms with Gasteiger partial charge in [0, 0.05) is 0 Å². The van der Waals surface area contributed by atoms with Gasteiger partial charge in [0.2, 0.25) is 0 Å². The van der Waals surface area contributed by atoms with Crippen LogP contribution in [0.1, 0.15) is 0 Å². The molecule has 0 bridgehead atoms. The molecular weight excluding hydrogens is 152 g/mol. The fraction of sp³-hybridized carbons (Fsp3) is 0. The molecule has 4 nitrogen and oxygen atoms in total. The Hall–Kier alpha value is -1.34. The van der Waals surface area contributed by atoms with Crippen LogP contribution in [0, 0.1) is 11.5 Å². The molecule has 0 saturated heterocycles. The second-order valence-corrected chi connectivity index (χ2v) is 1.85. The Morgan fingerprint density at radius 1 is 1.60 bits per heavy atom. The lowest BCUT2D eigenvalue weighted by Gasteiger charge is -1.92. The maximum atomic E-state index is 8.14. The number of hydrogen-bond acceptors (Lipinski definition) is 4. The van der Waals surface area contributed by atoms with E-state index in [1.54, 1.807) is 6.19 Å². The summed E-state index contributed by atoms with van der Waals surface area (Å²) in [6, 6.07) is 0. The third-order valence-electron chi connectivity index (χ3n) is 0.789. The molecule has 0 aliphatic heterocycles. The Labute approximate surface area is 62.5 Å². The Morgan fingerprint density at radius 3 is 3.00 bits per heavy atom. The lowest BCUT2D eigenvalue weighted by atomic mass is 10.7. The SMILES string of the molecule is N#CNc1cncc(Cl)n1. The van der Waals surface area contributed by atoms with Gasteiger partial charge in [0.1, 0.15) is 5.15 Å². The normalized spacial score (nSPS) is 8.40. The van der Waals surface area contributed by atoms with Crippen LogP contribution < -0.4 is 5.32 Å². The highest BCUT2D eigenvalue weighted by molar-refractivity contribution is 6.29. The summed E-state index contributed by atoms with van der Waals surface area (Å²) in [5.41, 5.74) is 0. The Morgan fingerprint density at radius 2 is 2.40 bits per heavy atom. The summed E-state index contributed by atoms with van der Waals surface area (Å²) in [4.78, 5) is 7.43. The topological polar surface area (TPSA) is 61.6 Å². The van der Waals surface area contributed by atoms with Gasteiger partial charge in [-0.2, -0.15) is 5.26 Å². The molecule has 1 rings (SSSR count). The molecule has 1 aromatic heterocycles. The molecule has 0 aromatic carbocycles. The molecule has 0 fully saturated rings. The Kier molecular flexibility index (Phi) is 2.03. The summed E-state index contributed by atoms with van der Waals surface area (Å²) in [5.74, 6) is 0.356. The van der Waals surface area contributed by atoms with Crippen LogP contribution in [0.15, 0.2) is 12.4 Å². The minimum Gasteiger partial charge on any atom is -0.276 e. The van der Waals surface area contributed by atoms with Crippen molar-refractivity contribution >= 4 is 17.4 Å². The summed E-state index contributed by atoms with van der Waals surface area (Å²) in [5, 5.41) is 10.7. The number of nitrogens with zero attached hydrogens (tertiary/aromatic N) is 3. The zero-order valence-corrected chi connectivity index (χ0v) is 5.63. The van der Waals surface area contributed by atoms with Crippen LogP contribution in [0.2, 0.25) is 5.15 Å². The van der Waals surface area contributed by atoms with Gasteiger partial charge in [0.15, 0.2) is 12.0 Å². The van der Waals surface area contributed by atoms with Crippen LogP contribution >= 0.6 is 11.6 Å². The van der Waals surface area contributed by atoms with Crippen LogP contribution in [0.4, 0.5) is 5.82 Å². The molecular formula is C5H3ClN4. The van der Waals surface area contributed by atoms with Gasteiger partial charge in [-0.15, -0.1) is 0 Å². The summed E-state index contributed by atoms with van der Waals surface area (Å²) in [6.07, 6.45) is 4.50. The van der Waals surface area contributed by atoms with E-state index < -0.39 is 0 Å². The first-order valence-electron chi connectivity index (χ1n) is 2.45. The van der Waals surface area contributed by atoms with E-state index in [0.29, 0.717) is 5.82 Å². The Bertz CT molecular complexity index is 267. The van der Waals surface area contributed by atoms with Gasteiger partial charge in [0.05, 0.1) is 12.4 Å². The second kappa shape index (κ2) is 2.99. The van der Waals surface area contributed by atoms with Crippen LogP contribution in [0.3, 0.4) is 0 Å². The number of nitriles is 1. The molecule has 1 N–H and O–H groups in total. The standard InChI is InChI=1S/C5H3ClN4/c6-4-1-8-2-5(10-4)9-3-7/h1-2H,(H,9,10). The predicted molar refractivity (Wildman–Crippen MR) is 36.3 cm³/mol. The maximum absolute atomic E-state index is 8.14. The van der Waals surface area contributed by atoms with Crippen molar-refractivity contribution in [2.75, 3.05) is 5.32 Å². The first-order valence-corrected chi connectivity index (χ1v) is 2.83. The highest BCUT2D eigenvalue weighted by atomic mass is 35.5. The zero-order chi connectivity index (χ0) is 7.40. The van der Waals surface area contributed by atoms with Crippen molar-refractivity contribution in [3.8, 4) is 6.19 Å². The average molecular weight is 155 g/mol. The fourth-order valence-electron chi connectivity index (χ4n) is 0.460. The maximum Gasteiger partial charge on any atom is 0.182 e. The quantitative estimate of drug-likeness (QED) is 0.485. The molecule has 0 saturated carbocycles. The smallest absolute Gasteiger partial charge is 0.182 e. The van der Waals surface area contributed by atoms with Gasteiger partial charge >= 0.3 is 0 Å². The summed E-state index contributed by atoms with van der Waals surface area (Å²) in [6.45, 7) is 0. The Balaban J connectivity index is 2.87. The van der Waals surface area contributed by atoms with Crippen LogP contribution in [-0.4, -0.2) is 9.97 Å². The van der Waals surface area contributed by atoms with E-state index in [2.05, 4.69) is 15.3 Å². The van der Waals surface area contributed by atoms with Gasteiger partial charge in [-0.05, 0) is 0 Å². The van der Waals surface area contributed by atoms with E-state index in [4.69, 9.17) is 16.9 Å². The molecule has 0 aliphatic rings. The fourth-order valence-corrected chi connectivity index (χ4v) is 0.607. The molecule has 0 amide bonds. The molecule has 0 aliphatic carbocycles. The van der Waals surface area contributed by atoms with Crippen molar-refractivity contribution in [3.63, 3.8) is 0 Å². The van der Waals surface area contributed by atoms with Crippen molar-refractivity contribution in [2.24, 2.45) is 0 Å². The minimum absolute atomic E-state index is 0.264. The molecule has 10 heavy (non-hydrogen) atoms. The van der Waals surface area contributed by atoms with Gasteiger partial charge < -0.3 is 0 Å². The highest BCUT2D eigenvalue weighted by Gasteiger charge is 1.91. The van der Waals surface area contributed by atoms with E-state index >= 15 is 0 Å². The van der Waals surface area contributed by atoms with E-state index in [9.17, 15) is 0 Å². The van der Waals surface area contributed by atoms with Gasteiger partial charge in [-0.3, -0.25) is 10.3 Å². The molecule has 0 radical (unpaired) electrons. The van der Waals surface area contributed by atoms with Crippen LogP contribution in [-0.2, 0) is 0 Å². The number of anilines is 1. The lowest BCUT2D eigenvalue weighted by molar-refractivity contribution is 1.20. The summed E-state index contributed by atoms with van der Waals surface area (Å²) >= 11 is 5.46. The van der Waals surface area contributed by atoms with Crippen molar-refractivity contribution in [3.05, 3.63) is 17.5 Å². The van der Waals surface area contributed by atoms with E-state index in [0.717, 1.165) is 0 Å². The van der Waals surface area contributed by atoms with Crippen molar-refractivity contribution in [1.82, 2.24) is 9.97 Å². The van der Waals surface area contributed by atoms with E-state index in [1.807, 2.05) is 0 Å². The molecule has 50 valence electrons. The molecule has 5 heteroatoms. The van der Waals surface area contributed by atoms with Gasteiger partial charge in [-0.25, -0.2) is 4.98 Å². The zero-order valence-electron chi connectivity index (χ0n) is 4.87. The summed E-state index contributed by atoms with van der Waals surface area (Å²) in [7, 11) is 0. The molecule has 0 atom stereocenters. The summed E-state index contributed by atoms with van der Waals surface area (Å²) < 4.78 is 0. The largest absolute Gasteiger partial charge is 0.276 e. The lowest BCUT2D eigenvalue weighted by Crippen LogP contribution is -1.91. The van der Waals surface area contributed by atoms with Gasteiger partial charge in [-0.1, -0.05) is 11.6 Å². The third-order valence-corrected chi connectivity index (χ3v) is 0.971. The highest BCUT2D eigenvalue weighted by Crippen LogP contribution is 2.05. The number of halogens is 1. The second-order valence-electron chi connectivity index (χ2n) is 1.46. The number of hydrogen-bond donors (Lipinski definition) is 1. The van der Waals surface area contributed by atoms with E-state index in [-0.39, 0.29) is 5.15 Å². The minimum atomic E-state index is 0.264. The van der Waals surface area contributed by atoms with Crippen LogP contribution in [0.5, 0.6) is 0 Å². The predicted octanol–water partition coefficient (Wildman–Crippen LogP) is 1.02. The molecule has 0 spiro atoms.